The van der Waals surface area contributed by atoms with Gasteiger partial charge in [-0.15, -0.1) is 0 Å². The van der Waals surface area contributed by atoms with Crippen LogP contribution < -0.4 is 5.32 Å². The van der Waals surface area contributed by atoms with E-state index in [4.69, 9.17) is 0 Å². The van der Waals surface area contributed by atoms with E-state index in [0.29, 0.717) is 0 Å². The van der Waals surface area contributed by atoms with Gasteiger partial charge < -0.3 is 5.32 Å². The Bertz CT molecular complexity index is 582. The molecule has 2 aromatic carbocycles. The molecule has 1 saturated carbocycles. The van der Waals surface area contributed by atoms with Crippen LogP contribution in [0.3, 0.4) is 0 Å². The summed E-state index contributed by atoms with van der Waals surface area (Å²) in [5.74, 6) is 0. The first-order valence-corrected chi connectivity index (χ1v) is 7.13. The average Bonchev–Trinajstić information content (AvgIpc) is 3.22. The molecule has 0 aromatic heterocycles. The van der Waals surface area contributed by atoms with Gasteiger partial charge in [0.05, 0.1) is 0 Å². The fourth-order valence-electron chi connectivity index (χ4n) is 2.56. The van der Waals surface area contributed by atoms with Crippen LogP contribution in [0.15, 0.2) is 42.5 Å². The molecule has 0 unspecified atom stereocenters. The maximum atomic E-state index is 3.57. The van der Waals surface area contributed by atoms with Gasteiger partial charge in [0.2, 0.25) is 0 Å². The van der Waals surface area contributed by atoms with Crippen molar-refractivity contribution in [3.63, 3.8) is 0 Å². The molecular formula is C18H21N. The van der Waals surface area contributed by atoms with Gasteiger partial charge in [0, 0.05) is 12.6 Å². The molecule has 1 N–H and O–H groups in total. The van der Waals surface area contributed by atoms with Crippen LogP contribution in [0.5, 0.6) is 0 Å². The summed E-state index contributed by atoms with van der Waals surface area (Å²) in [6.07, 6.45) is 2.69. The standard InChI is InChI=1S/C18H21N/c1-13-5-3-4-6-17(13)18-10-7-15(11-14(18)2)12-19-16-8-9-16/h3-7,10-11,16,19H,8-9,12H2,1-2H3. The van der Waals surface area contributed by atoms with Crippen LogP contribution in [0.25, 0.3) is 11.1 Å². The predicted octanol–water partition coefficient (Wildman–Crippen LogP) is 4.22. The molecule has 0 atom stereocenters. The van der Waals surface area contributed by atoms with Crippen LogP contribution in [0.4, 0.5) is 0 Å². The molecule has 0 aliphatic heterocycles. The van der Waals surface area contributed by atoms with Crippen molar-refractivity contribution in [2.75, 3.05) is 0 Å². The lowest BCUT2D eigenvalue weighted by atomic mass is 9.95. The second-order valence-electron chi connectivity index (χ2n) is 5.62. The van der Waals surface area contributed by atoms with Crippen LogP contribution in [-0.2, 0) is 6.54 Å². The summed E-state index contributed by atoms with van der Waals surface area (Å²) in [6, 6.07) is 16.2. The Morgan fingerprint density at radius 3 is 2.37 bits per heavy atom. The van der Waals surface area contributed by atoms with Crippen molar-refractivity contribution in [1.29, 1.82) is 0 Å². The van der Waals surface area contributed by atoms with Gasteiger partial charge >= 0.3 is 0 Å². The van der Waals surface area contributed by atoms with E-state index in [1.54, 1.807) is 0 Å². The Kier molecular flexibility index (Phi) is 3.39. The molecule has 1 aliphatic carbocycles. The SMILES string of the molecule is Cc1ccccc1-c1ccc(CNC2CC2)cc1C. The number of aryl methyl sites for hydroxylation is 2. The average molecular weight is 251 g/mol. The topological polar surface area (TPSA) is 12.0 Å². The van der Waals surface area contributed by atoms with Crippen molar-refractivity contribution in [1.82, 2.24) is 5.32 Å². The Hall–Kier alpha value is -1.60. The minimum Gasteiger partial charge on any atom is -0.310 e. The van der Waals surface area contributed by atoms with Gasteiger partial charge in [-0.2, -0.15) is 0 Å². The first-order chi connectivity index (χ1) is 9.24. The molecule has 0 saturated heterocycles. The fourth-order valence-corrected chi connectivity index (χ4v) is 2.56. The minimum absolute atomic E-state index is 0.774. The van der Waals surface area contributed by atoms with E-state index in [1.807, 2.05) is 0 Å². The van der Waals surface area contributed by atoms with E-state index in [2.05, 4.69) is 61.6 Å². The van der Waals surface area contributed by atoms with E-state index in [-0.39, 0.29) is 0 Å². The Labute approximate surface area is 115 Å². The maximum Gasteiger partial charge on any atom is 0.0208 e. The molecule has 1 heteroatoms. The summed E-state index contributed by atoms with van der Waals surface area (Å²) >= 11 is 0. The van der Waals surface area contributed by atoms with Crippen molar-refractivity contribution < 1.29 is 0 Å². The van der Waals surface area contributed by atoms with Crippen LogP contribution >= 0.6 is 0 Å². The molecule has 0 amide bonds. The molecule has 0 heterocycles. The monoisotopic (exact) mass is 251 g/mol. The summed E-state index contributed by atoms with van der Waals surface area (Å²) in [5.41, 5.74) is 6.80. The number of nitrogens with one attached hydrogen (secondary N) is 1. The fraction of sp³-hybridized carbons (Fsp3) is 0.333. The highest BCUT2D eigenvalue weighted by molar-refractivity contribution is 5.70. The third-order valence-electron chi connectivity index (χ3n) is 3.90. The van der Waals surface area contributed by atoms with Crippen LogP contribution in [0.1, 0.15) is 29.5 Å². The van der Waals surface area contributed by atoms with Crippen molar-refractivity contribution in [2.24, 2.45) is 0 Å². The Balaban J connectivity index is 1.84. The number of hydrogen-bond donors (Lipinski definition) is 1. The van der Waals surface area contributed by atoms with E-state index in [1.165, 1.54) is 40.7 Å². The molecule has 98 valence electrons. The van der Waals surface area contributed by atoms with E-state index < -0.39 is 0 Å². The Morgan fingerprint density at radius 1 is 0.947 bits per heavy atom. The zero-order valence-corrected chi connectivity index (χ0v) is 11.7. The number of benzene rings is 2. The van der Waals surface area contributed by atoms with Gasteiger partial charge in [-0.05, 0) is 54.5 Å². The van der Waals surface area contributed by atoms with Crippen molar-refractivity contribution in [3.05, 3.63) is 59.2 Å². The molecule has 1 aliphatic rings. The van der Waals surface area contributed by atoms with Gasteiger partial charge in [0.1, 0.15) is 0 Å². The minimum atomic E-state index is 0.774. The molecule has 1 fully saturated rings. The molecular weight excluding hydrogens is 230 g/mol. The molecule has 2 aromatic rings. The summed E-state index contributed by atoms with van der Waals surface area (Å²) in [7, 11) is 0. The summed E-state index contributed by atoms with van der Waals surface area (Å²) in [6.45, 7) is 5.39. The lowest BCUT2D eigenvalue weighted by Crippen LogP contribution is -2.15. The predicted molar refractivity (Wildman–Crippen MR) is 81.2 cm³/mol. The molecule has 0 radical (unpaired) electrons. The van der Waals surface area contributed by atoms with Crippen LogP contribution in [0.2, 0.25) is 0 Å². The van der Waals surface area contributed by atoms with E-state index in [9.17, 15) is 0 Å². The van der Waals surface area contributed by atoms with Crippen molar-refractivity contribution in [3.8, 4) is 11.1 Å². The summed E-state index contributed by atoms with van der Waals surface area (Å²) in [4.78, 5) is 0. The lowest BCUT2D eigenvalue weighted by molar-refractivity contribution is 0.687. The van der Waals surface area contributed by atoms with Gasteiger partial charge in [0.15, 0.2) is 0 Å². The van der Waals surface area contributed by atoms with Gasteiger partial charge in [-0.1, -0.05) is 42.5 Å². The third kappa shape index (κ3) is 2.87. The molecule has 19 heavy (non-hydrogen) atoms. The van der Waals surface area contributed by atoms with E-state index in [0.717, 1.165) is 12.6 Å². The van der Waals surface area contributed by atoms with E-state index >= 15 is 0 Å². The highest BCUT2D eigenvalue weighted by atomic mass is 14.9. The first kappa shape index (κ1) is 12.4. The number of rotatable bonds is 4. The second-order valence-corrected chi connectivity index (χ2v) is 5.62. The van der Waals surface area contributed by atoms with Crippen LogP contribution in [0, 0.1) is 13.8 Å². The molecule has 1 nitrogen and oxygen atoms in total. The molecule has 0 bridgehead atoms. The lowest BCUT2D eigenvalue weighted by Gasteiger charge is -2.11. The zero-order valence-electron chi connectivity index (χ0n) is 11.7. The molecule has 3 rings (SSSR count). The summed E-state index contributed by atoms with van der Waals surface area (Å²) < 4.78 is 0. The zero-order chi connectivity index (χ0) is 13.2. The Morgan fingerprint density at radius 2 is 1.68 bits per heavy atom. The van der Waals surface area contributed by atoms with Gasteiger partial charge in [0.25, 0.3) is 0 Å². The first-order valence-electron chi connectivity index (χ1n) is 7.13. The van der Waals surface area contributed by atoms with Gasteiger partial charge in [-0.3, -0.25) is 0 Å². The second kappa shape index (κ2) is 5.18. The van der Waals surface area contributed by atoms with Crippen molar-refractivity contribution >= 4 is 0 Å². The third-order valence-corrected chi connectivity index (χ3v) is 3.90. The number of hydrogen-bond acceptors (Lipinski definition) is 1. The normalized spacial score (nSPS) is 14.6. The largest absolute Gasteiger partial charge is 0.310 e. The highest BCUT2D eigenvalue weighted by Gasteiger charge is 2.19. The van der Waals surface area contributed by atoms with Crippen molar-refractivity contribution in [2.45, 2.75) is 39.3 Å². The quantitative estimate of drug-likeness (QED) is 0.857. The summed E-state index contributed by atoms with van der Waals surface area (Å²) in [5, 5.41) is 3.57. The van der Waals surface area contributed by atoms with Crippen LogP contribution in [-0.4, -0.2) is 6.04 Å². The van der Waals surface area contributed by atoms with Gasteiger partial charge in [-0.25, -0.2) is 0 Å². The molecule has 0 spiro atoms. The highest BCUT2D eigenvalue weighted by Crippen LogP contribution is 2.27. The maximum absolute atomic E-state index is 3.57. The smallest absolute Gasteiger partial charge is 0.0208 e.